The molecule has 3 nitrogen and oxygen atoms in total. The van der Waals surface area contributed by atoms with Crippen molar-refractivity contribution >= 4 is 11.5 Å². The Morgan fingerprint density at radius 1 is 0.941 bits per heavy atom. The summed E-state index contributed by atoms with van der Waals surface area (Å²) in [7, 11) is 0. The van der Waals surface area contributed by atoms with Gasteiger partial charge in [0.15, 0.2) is 5.82 Å². The molecule has 0 radical (unpaired) electrons. The SMILES string of the molecule is FC(F)(F)N(c1ccccc1)c1cccnn1. The highest BCUT2D eigenvalue weighted by Gasteiger charge is 2.39. The van der Waals surface area contributed by atoms with Gasteiger partial charge in [-0.2, -0.15) is 5.10 Å². The lowest BCUT2D eigenvalue weighted by atomic mass is 10.3. The molecule has 0 amide bonds. The molecular formula is C11H8F3N3. The van der Waals surface area contributed by atoms with Gasteiger partial charge in [0.05, 0.1) is 5.69 Å². The summed E-state index contributed by atoms with van der Waals surface area (Å²) >= 11 is 0. The summed E-state index contributed by atoms with van der Waals surface area (Å²) < 4.78 is 38.8. The van der Waals surface area contributed by atoms with Crippen molar-refractivity contribution in [3.05, 3.63) is 48.7 Å². The normalized spacial score (nSPS) is 11.2. The molecule has 88 valence electrons. The third kappa shape index (κ3) is 2.52. The Morgan fingerprint density at radius 3 is 2.18 bits per heavy atom. The lowest BCUT2D eigenvalue weighted by Gasteiger charge is -2.25. The molecule has 0 aliphatic carbocycles. The van der Waals surface area contributed by atoms with Gasteiger partial charge >= 0.3 is 6.30 Å². The lowest BCUT2D eigenvalue weighted by Crippen LogP contribution is -2.34. The minimum Gasteiger partial charge on any atom is -0.235 e. The van der Waals surface area contributed by atoms with Crippen LogP contribution in [-0.4, -0.2) is 16.5 Å². The average molecular weight is 239 g/mol. The van der Waals surface area contributed by atoms with Crippen molar-refractivity contribution < 1.29 is 13.2 Å². The summed E-state index contributed by atoms with van der Waals surface area (Å²) in [5.74, 6) is -0.258. The number of anilines is 2. The van der Waals surface area contributed by atoms with Crippen LogP contribution in [0.3, 0.4) is 0 Å². The van der Waals surface area contributed by atoms with Crippen LogP contribution in [0.25, 0.3) is 0 Å². The maximum Gasteiger partial charge on any atom is 0.490 e. The maximum atomic E-state index is 12.9. The van der Waals surface area contributed by atoms with E-state index >= 15 is 0 Å². The van der Waals surface area contributed by atoms with Crippen molar-refractivity contribution in [3.8, 4) is 0 Å². The van der Waals surface area contributed by atoms with Crippen LogP contribution in [-0.2, 0) is 0 Å². The highest BCUT2D eigenvalue weighted by Crippen LogP contribution is 2.34. The monoisotopic (exact) mass is 239 g/mol. The van der Waals surface area contributed by atoms with E-state index in [1.807, 2.05) is 0 Å². The van der Waals surface area contributed by atoms with Gasteiger partial charge < -0.3 is 0 Å². The third-order valence-corrected chi connectivity index (χ3v) is 2.06. The molecule has 0 aliphatic rings. The van der Waals surface area contributed by atoms with Crippen molar-refractivity contribution in [1.29, 1.82) is 0 Å². The number of para-hydroxylation sites is 1. The van der Waals surface area contributed by atoms with E-state index in [-0.39, 0.29) is 16.4 Å². The van der Waals surface area contributed by atoms with Crippen molar-refractivity contribution in [2.45, 2.75) is 6.30 Å². The largest absolute Gasteiger partial charge is 0.490 e. The first-order chi connectivity index (χ1) is 8.09. The molecule has 0 saturated carbocycles. The van der Waals surface area contributed by atoms with Gasteiger partial charge in [-0.1, -0.05) is 18.2 Å². The van der Waals surface area contributed by atoms with Gasteiger partial charge in [0.1, 0.15) is 0 Å². The summed E-state index contributed by atoms with van der Waals surface area (Å²) in [4.78, 5) is 0.181. The van der Waals surface area contributed by atoms with E-state index in [9.17, 15) is 13.2 Å². The summed E-state index contributed by atoms with van der Waals surface area (Å²) in [5.41, 5.74) is 0.000463. The van der Waals surface area contributed by atoms with E-state index < -0.39 is 6.30 Å². The molecule has 1 aromatic heterocycles. The number of hydrogen-bond donors (Lipinski definition) is 0. The zero-order chi connectivity index (χ0) is 12.3. The van der Waals surface area contributed by atoms with E-state index in [1.165, 1.54) is 42.6 Å². The van der Waals surface area contributed by atoms with E-state index in [0.29, 0.717) is 0 Å². The summed E-state index contributed by atoms with van der Waals surface area (Å²) in [5, 5.41) is 6.93. The molecule has 1 heterocycles. The Kier molecular flexibility index (Phi) is 2.95. The molecular weight excluding hydrogens is 231 g/mol. The van der Waals surface area contributed by atoms with Gasteiger partial charge in [0, 0.05) is 6.20 Å². The fraction of sp³-hybridized carbons (Fsp3) is 0.0909. The number of alkyl halides is 3. The molecule has 17 heavy (non-hydrogen) atoms. The van der Waals surface area contributed by atoms with Crippen LogP contribution < -0.4 is 4.90 Å². The van der Waals surface area contributed by atoms with Gasteiger partial charge in [-0.25, -0.2) is 4.90 Å². The van der Waals surface area contributed by atoms with E-state index in [2.05, 4.69) is 10.2 Å². The number of nitrogens with zero attached hydrogens (tertiary/aromatic N) is 3. The minimum absolute atomic E-state index is 0.000463. The summed E-state index contributed by atoms with van der Waals surface area (Å²) in [6.07, 6.45) is -3.22. The van der Waals surface area contributed by atoms with Crippen LogP contribution in [0.2, 0.25) is 0 Å². The van der Waals surface area contributed by atoms with Crippen LogP contribution in [0.4, 0.5) is 24.7 Å². The van der Waals surface area contributed by atoms with Gasteiger partial charge in [0.2, 0.25) is 0 Å². The molecule has 2 rings (SSSR count). The van der Waals surface area contributed by atoms with Crippen LogP contribution in [0.1, 0.15) is 0 Å². The smallest absolute Gasteiger partial charge is 0.235 e. The molecule has 0 spiro atoms. The highest BCUT2D eigenvalue weighted by atomic mass is 19.4. The van der Waals surface area contributed by atoms with E-state index in [0.717, 1.165) is 0 Å². The first-order valence-corrected chi connectivity index (χ1v) is 4.79. The molecule has 0 fully saturated rings. The first kappa shape index (κ1) is 11.4. The third-order valence-electron chi connectivity index (χ3n) is 2.06. The predicted molar refractivity (Wildman–Crippen MR) is 56.7 cm³/mol. The second-order valence-corrected chi connectivity index (χ2v) is 3.22. The Hall–Kier alpha value is -2.11. The molecule has 0 atom stereocenters. The summed E-state index contributed by atoms with van der Waals surface area (Å²) in [6, 6.07) is 10.1. The second kappa shape index (κ2) is 4.40. The van der Waals surface area contributed by atoms with Crippen molar-refractivity contribution in [2.24, 2.45) is 0 Å². The predicted octanol–water partition coefficient (Wildman–Crippen LogP) is 3.13. The molecule has 0 unspecified atom stereocenters. The Balaban J connectivity index is 2.48. The number of benzene rings is 1. The van der Waals surface area contributed by atoms with Gasteiger partial charge in [-0.05, 0) is 24.3 Å². The molecule has 6 heteroatoms. The molecule has 1 aromatic carbocycles. The average Bonchev–Trinajstić information content (AvgIpc) is 2.30. The zero-order valence-electron chi connectivity index (χ0n) is 8.59. The quantitative estimate of drug-likeness (QED) is 0.754. The van der Waals surface area contributed by atoms with E-state index in [4.69, 9.17) is 0 Å². The molecule has 0 saturated heterocycles. The standard InChI is InChI=1S/C11H8F3N3/c12-11(13,14)17(9-5-2-1-3-6-9)10-7-4-8-15-16-10/h1-8H. The number of aromatic nitrogens is 2. The zero-order valence-corrected chi connectivity index (χ0v) is 8.59. The fourth-order valence-corrected chi connectivity index (χ4v) is 1.40. The molecule has 0 aliphatic heterocycles. The van der Waals surface area contributed by atoms with Crippen molar-refractivity contribution in [2.75, 3.05) is 4.90 Å². The van der Waals surface area contributed by atoms with Crippen molar-refractivity contribution in [3.63, 3.8) is 0 Å². The minimum atomic E-state index is -4.54. The fourth-order valence-electron chi connectivity index (χ4n) is 1.40. The molecule has 0 N–H and O–H groups in total. The lowest BCUT2D eigenvalue weighted by molar-refractivity contribution is -0.121. The van der Waals surface area contributed by atoms with Crippen LogP contribution in [0.5, 0.6) is 0 Å². The Bertz CT molecular complexity index is 431. The van der Waals surface area contributed by atoms with Crippen LogP contribution >= 0.6 is 0 Å². The van der Waals surface area contributed by atoms with Crippen LogP contribution in [0, 0.1) is 0 Å². The van der Waals surface area contributed by atoms with Gasteiger partial charge in [0.25, 0.3) is 0 Å². The molecule has 0 bridgehead atoms. The second-order valence-electron chi connectivity index (χ2n) is 3.22. The van der Waals surface area contributed by atoms with Gasteiger partial charge in [-0.15, -0.1) is 18.3 Å². The topological polar surface area (TPSA) is 29.0 Å². The highest BCUT2D eigenvalue weighted by molar-refractivity contribution is 5.59. The number of rotatable bonds is 2. The number of halogens is 3. The number of hydrogen-bond acceptors (Lipinski definition) is 3. The maximum absolute atomic E-state index is 12.9. The van der Waals surface area contributed by atoms with Crippen LogP contribution in [0.15, 0.2) is 48.7 Å². The van der Waals surface area contributed by atoms with Crippen molar-refractivity contribution in [1.82, 2.24) is 10.2 Å². The van der Waals surface area contributed by atoms with Gasteiger partial charge in [-0.3, -0.25) is 0 Å². The Labute approximate surface area is 95.5 Å². The Morgan fingerprint density at radius 2 is 1.65 bits per heavy atom. The first-order valence-electron chi connectivity index (χ1n) is 4.79. The van der Waals surface area contributed by atoms with E-state index in [1.54, 1.807) is 6.07 Å². The summed E-state index contributed by atoms with van der Waals surface area (Å²) in [6.45, 7) is 0. The molecule has 2 aromatic rings.